The molecule has 0 aliphatic heterocycles. The normalized spacial score (nSPS) is 11.8. The predicted molar refractivity (Wildman–Crippen MR) is 51.9 cm³/mol. The first kappa shape index (κ1) is 11.9. The van der Waals surface area contributed by atoms with Crippen LogP contribution in [0.3, 0.4) is 0 Å². The maximum absolute atomic E-state index is 12.5. The van der Waals surface area contributed by atoms with Crippen molar-refractivity contribution in [3.8, 4) is 5.75 Å². The minimum atomic E-state index is -4.49. The second kappa shape index (κ2) is 4.13. The predicted octanol–water partition coefficient (Wildman–Crippen LogP) is 3.54. The lowest BCUT2D eigenvalue weighted by molar-refractivity contribution is -0.138. The molecule has 1 aromatic carbocycles. The van der Waals surface area contributed by atoms with Crippen LogP contribution in [0.2, 0.25) is 0 Å². The fraction of sp³-hybridized carbons (Fsp3) is 0.455. The molecule has 0 radical (unpaired) electrons. The third-order valence-corrected chi connectivity index (χ3v) is 2.34. The van der Waals surface area contributed by atoms with Gasteiger partial charge in [0.15, 0.2) is 0 Å². The topological polar surface area (TPSA) is 20.2 Å². The van der Waals surface area contributed by atoms with Gasteiger partial charge in [-0.3, -0.25) is 0 Å². The van der Waals surface area contributed by atoms with E-state index < -0.39 is 17.5 Å². The number of benzene rings is 1. The van der Waals surface area contributed by atoms with Crippen LogP contribution in [0.4, 0.5) is 13.2 Å². The van der Waals surface area contributed by atoms with Crippen molar-refractivity contribution in [2.75, 3.05) is 0 Å². The number of hydrogen-bond donors (Lipinski definition) is 1. The summed E-state index contributed by atoms with van der Waals surface area (Å²) in [6.45, 7) is 3.50. The van der Waals surface area contributed by atoms with Gasteiger partial charge < -0.3 is 5.11 Å². The van der Waals surface area contributed by atoms with Crippen molar-refractivity contribution in [2.45, 2.75) is 32.9 Å². The van der Waals surface area contributed by atoms with Crippen LogP contribution in [0, 0.1) is 0 Å². The van der Waals surface area contributed by atoms with E-state index in [2.05, 4.69) is 0 Å². The number of phenolic OH excluding ortho intramolecular Hbond substituents is 1. The van der Waals surface area contributed by atoms with Crippen molar-refractivity contribution in [3.05, 3.63) is 28.8 Å². The van der Waals surface area contributed by atoms with Crippen LogP contribution in [0.25, 0.3) is 0 Å². The summed E-state index contributed by atoms with van der Waals surface area (Å²) >= 11 is 0. The molecule has 0 amide bonds. The number of phenols is 1. The molecule has 84 valence electrons. The molecule has 0 fully saturated rings. The molecule has 15 heavy (non-hydrogen) atoms. The molecular weight excluding hydrogens is 205 g/mol. The lowest BCUT2D eigenvalue weighted by Gasteiger charge is -2.13. The molecule has 1 N–H and O–H groups in total. The molecule has 0 saturated heterocycles. The number of alkyl halides is 3. The average Bonchev–Trinajstić information content (AvgIpc) is 2.16. The minimum absolute atomic E-state index is 0.349. The van der Waals surface area contributed by atoms with Gasteiger partial charge in [0.05, 0.1) is 5.56 Å². The Morgan fingerprint density at radius 3 is 2.13 bits per heavy atom. The van der Waals surface area contributed by atoms with Crippen molar-refractivity contribution in [1.29, 1.82) is 0 Å². The molecule has 0 heterocycles. The fourth-order valence-corrected chi connectivity index (χ4v) is 1.45. The number of halogens is 3. The Morgan fingerprint density at radius 1 is 1.13 bits per heavy atom. The Balaban J connectivity index is 3.37. The van der Waals surface area contributed by atoms with E-state index in [9.17, 15) is 18.3 Å². The lowest BCUT2D eigenvalue weighted by Crippen LogP contribution is -2.07. The van der Waals surface area contributed by atoms with Crippen LogP contribution in [-0.4, -0.2) is 5.11 Å². The Labute approximate surface area is 86.5 Å². The van der Waals surface area contributed by atoms with Gasteiger partial charge >= 0.3 is 6.18 Å². The van der Waals surface area contributed by atoms with Crippen molar-refractivity contribution in [3.63, 3.8) is 0 Å². The number of aryl methyl sites for hydroxylation is 2. The Morgan fingerprint density at radius 2 is 1.73 bits per heavy atom. The molecule has 0 aliphatic rings. The van der Waals surface area contributed by atoms with E-state index in [-0.39, 0.29) is 0 Å². The summed E-state index contributed by atoms with van der Waals surface area (Å²) in [5, 5.41) is 9.42. The molecule has 0 spiro atoms. The molecule has 0 bridgehead atoms. The van der Waals surface area contributed by atoms with Gasteiger partial charge in [-0.1, -0.05) is 19.9 Å². The highest BCUT2D eigenvalue weighted by molar-refractivity contribution is 5.45. The summed E-state index contributed by atoms with van der Waals surface area (Å²) in [6, 6.07) is 2.62. The Kier molecular flexibility index (Phi) is 3.27. The van der Waals surface area contributed by atoms with Gasteiger partial charge in [0.1, 0.15) is 5.75 Å². The zero-order valence-corrected chi connectivity index (χ0v) is 8.65. The highest BCUT2D eigenvalue weighted by Crippen LogP contribution is 2.38. The molecule has 0 aliphatic carbocycles. The summed E-state index contributed by atoms with van der Waals surface area (Å²) in [5.74, 6) is -0.637. The molecular formula is C11H13F3O. The molecule has 4 heteroatoms. The summed E-state index contributed by atoms with van der Waals surface area (Å²) in [4.78, 5) is 0. The van der Waals surface area contributed by atoms with Gasteiger partial charge in [0.25, 0.3) is 0 Å². The maximum atomic E-state index is 12.5. The quantitative estimate of drug-likeness (QED) is 0.805. The Hall–Kier alpha value is -1.19. The molecule has 1 aromatic rings. The molecule has 0 unspecified atom stereocenters. The summed E-state index contributed by atoms with van der Waals surface area (Å²) in [5.41, 5.74) is 0.0114. The Bertz CT molecular complexity index is 356. The van der Waals surface area contributed by atoms with Gasteiger partial charge in [0.2, 0.25) is 0 Å². The first-order valence-electron chi connectivity index (χ1n) is 4.82. The highest BCUT2D eigenvalue weighted by atomic mass is 19.4. The first-order valence-corrected chi connectivity index (χ1v) is 4.82. The van der Waals surface area contributed by atoms with Gasteiger partial charge in [-0.15, -0.1) is 0 Å². The van der Waals surface area contributed by atoms with Crippen LogP contribution in [0.15, 0.2) is 12.1 Å². The third kappa shape index (κ3) is 2.43. The van der Waals surface area contributed by atoms with Crippen LogP contribution in [0.5, 0.6) is 5.75 Å². The van der Waals surface area contributed by atoms with E-state index in [0.29, 0.717) is 24.0 Å². The smallest absolute Gasteiger partial charge is 0.419 e. The van der Waals surface area contributed by atoms with Crippen molar-refractivity contribution < 1.29 is 18.3 Å². The first-order chi connectivity index (χ1) is 6.90. The molecule has 0 saturated carbocycles. The van der Waals surface area contributed by atoms with Crippen LogP contribution >= 0.6 is 0 Å². The minimum Gasteiger partial charge on any atom is -0.507 e. The number of rotatable bonds is 2. The second-order valence-corrected chi connectivity index (χ2v) is 3.36. The highest BCUT2D eigenvalue weighted by Gasteiger charge is 2.34. The van der Waals surface area contributed by atoms with E-state index >= 15 is 0 Å². The summed E-state index contributed by atoms with van der Waals surface area (Å²) < 4.78 is 37.6. The van der Waals surface area contributed by atoms with Crippen molar-refractivity contribution in [1.82, 2.24) is 0 Å². The van der Waals surface area contributed by atoms with Crippen molar-refractivity contribution in [2.24, 2.45) is 0 Å². The van der Waals surface area contributed by atoms with Gasteiger partial charge in [-0.05, 0) is 30.0 Å². The fourth-order valence-electron chi connectivity index (χ4n) is 1.45. The van der Waals surface area contributed by atoms with Gasteiger partial charge in [0, 0.05) is 0 Å². The number of aromatic hydroxyl groups is 1. The van der Waals surface area contributed by atoms with E-state index in [4.69, 9.17) is 0 Å². The molecule has 1 rings (SSSR count). The standard InChI is InChI=1S/C11H13F3O/c1-3-7-5-8(4-2)10(15)9(6-7)11(12,13)14/h5-6,15H,3-4H2,1-2H3. The van der Waals surface area contributed by atoms with Crippen molar-refractivity contribution >= 4 is 0 Å². The molecule has 0 aromatic heterocycles. The summed E-state index contributed by atoms with van der Waals surface area (Å²) in [7, 11) is 0. The van der Waals surface area contributed by atoms with Crippen LogP contribution in [0.1, 0.15) is 30.5 Å². The van der Waals surface area contributed by atoms with Gasteiger partial charge in [-0.25, -0.2) is 0 Å². The maximum Gasteiger partial charge on any atom is 0.419 e. The van der Waals surface area contributed by atoms with E-state index in [1.165, 1.54) is 0 Å². The van der Waals surface area contributed by atoms with E-state index in [1.54, 1.807) is 19.9 Å². The lowest BCUT2D eigenvalue weighted by atomic mass is 10.0. The number of hydrogen-bond acceptors (Lipinski definition) is 1. The largest absolute Gasteiger partial charge is 0.507 e. The van der Waals surface area contributed by atoms with Crippen LogP contribution < -0.4 is 0 Å². The zero-order valence-electron chi connectivity index (χ0n) is 8.65. The zero-order chi connectivity index (χ0) is 11.6. The van der Waals surface area contributed by atoms with E-state index in [0.717, 1.165) is 6.07 Å². The van der Waals surface area contributed by atoms with E-state index in [1.807, 2.05) is 0 Å². The third-order valence-electron chi connectivity index (χ3n) is 2.34. The molecule has 1 nitrogen and oxygen atoms in total. The summed E-state index contributed by atoms with van der Waals surface area (Å²) in [6.07, 6.45) is -3.57. The van der Waals surface area contributed by atoms with Gasteiger partial charge in [-0.2, -0.15) is 13.2 Å². The molecule has 0 atom stereocenters. The second-order valence-electron chi connectivity index (χ2n) is 3.36. The average molecular weight is 218 g/mol. The SMILES string of the molecule is CCc1cc(CC)c(O)c(C(F)(F)F)c1. The van der Waals surface area contributed by atoms with Crippen LogP contribution in [-0.2, 0) is 19.0 Å². The monoisotopic (exact) mass is 218 g/mol.